The first-order chi connectivity index (χ1) is 8.16. The van der Waals surface area contributed by atoms with Gasteiger partial charge in [-0.3, -0.25) is 0 Å². The first kappa shape index (κ1) is 12.1. The van der Waals surface area contributed by atoms with Crippen molar-refractivity contribution in [2.75, 3.05) is 0 Å². The maximum atomic E-state index is 13.3. The lowest BCUT2D eigenvalue weighted by molar-refractivity contribution is 0.406. The van der Waals surface area contributed by atoms with Crippen molar-refractivity contribution < 1.29 is 8.91 Å². The quantitative estimate of drug-likeness (QED) is 0.910. The van der Waals surface area contributed by atoms with E-state index in [1.807, 2.05) is 6.92 Å². The molecule has 17 heavy (non-hydrogen) atoms. The molecule has 1 unspecified atom stereocenters. The number of benzene rings is 1. The standard InChI is InChI=1S/C12H12ClFN2O/c1-8(15-7-10-4-5-17-16-10)9-2-3-11(13)12(14)6-9/h2-6,8,15H,7H2,1H3. The van der Waals surface area contributed by atoms with E-state index in [4.69, 9.17) is 16.1 Å². The summed E-state index contributed by atoms with van der Waals surface area (Å²) in [6.45, 7) is 2.52. The highest BCUT2D eigenvalue weighted by Crippen LogP contribution is 2.20. The van der Waals surface area contributed by atoms with Crippen molar-refractivity contribution >= 4 is 11.6 Å². The molecule has 0 aliphatic rings. The fourth-order valence-corrected chi connectivity index (χ4v) is 1.60. The monoisotopic (exact) mass is 254 g/mol. The van der Waals surface area contributed by atoms with E-state index in [2.05, 4.69) is 10.5 Å². The largest absolute Gasteiger partial charge is 0.364 e. The minimum Gasteiger partial charge on any atom is -0.364 e. The summed E-state index contributed by atoms with van der Waals surface area (Å²) in [5, 5.41) is 7.13. The number of rotatable bonds is 4. The lowest BCUT2D eigenvalue weighted by atomic mass is 10.1. The average Bonchev–Trinajstić information content (AvgIpc) is 2.82. The zero-order valence-corrected chi connectivity index (χ0v) is 10.0. The van der Waals surface area contributed by atoms with E-state index in [1.54, 1.807) is 18.2 Å². The van der Waals surface area contributed by atoms with Crippen molar-refractivity contribution in [3.8, 4) is 0 Å². The second-order valence-corrected chi connectivity index (χ2v) is 4.17. The van der Waals surface area contributed by atoms with Crippen molar-refractivity contribution in [2.45, 2.75) is 19.5 Å². The summed E-state index contributed by atoms with van der Waals surface area (Å²) in [6.07, 6.45) is 1.52. The zero-order valence-electron chi connectivity index (χ0n) is 9.28. The molecule has 0 radical (unpaired) electrons. The van der Waals surface area contributed by atoms with Crippen LogP contribution in [0.25, 0.3) is 0 Å². The molecule has 1 atom stereocenters. The average molecular weight is 255 g/mol. The molecule has 3 nitrogen and oxygen atoms in total. The molecule has 1 N–H and O–H groups in total. The Kier molecular flexibility index (Phi) is 3.76. The van der Waals surface area contributed by atoms with Gasteiger partial charge >= 0.3 is 0 Å². The fourth-order valence-electron chi connectivity index (χ4n) is 1.49. The summed E-state index contributed by atoms with van der Waals surface area (Å²) in [6, 6.07) is 6.58. The van der Waals surface area contributed by atoms with Crippen LogP contribution in [0.5, 0.6) is 0 Å². The van der Waals surface area contributed by atoms with E-state index >= 15 is 0 Å². The smallest absolute Gasteiger partial charge is 0.142 e. The lowest BCUT2D eigenvalue weighted by Gasteiger charge is -2.13. The van der Waals surface area contributed by atoms with Gasteiger partial charge < -0.3 is 9.84 Å². The Morgan fingerprint density at radius 2 is 2.29 bits per heavy atom. The van der Waals surface area contributed by atoms with Crippen molar-refractivity contribution in [2.24, 2.45) is 0 Å². The van der Waals surface area contributed by atoms with Crippen LogP contribution in [-0.2, 0) is 6.54 Å². The predicted octanol–water partition coefficient (Wildman–Crippen LogP) is 3.32. The second-order valence-electron chi connectivity index (χ2n) is 3.77. The van der Waals surface area contributed by atoms with Gasteiger partial charge in [0.25, 0.3) is 0 Å². The number of aromatic nitrogens is 1. The van der Waals surface area contributed by atoms with E-state index in [1.165, 1.54) is 12.3 Å². The molecular formula is C12H12ClFN2O. The van der Waals surface area contributed by atoms with E-state index in [0.717, 1.165) is 11.3 Å². The third-order valence-corrected chi connectivity index (χ3v) is 2.83. The third kappa shape index (κ3) is 3.05. The first-order valence-electron chi connectivity index (χ1n) is 5.24. The summed E-state index contributed by atoms with van der Waals surface area (Å²) in [5.74, 6) is -0.403. The van der Waals surface area contributed by atoms with Gasteiger partial charge in [-0.15, -0.1) is 0 Å². The number of hydrogen-bond acceptors (Lipinski definition) is 3. The van der Waals surface area contributed by atoms with Crippen LogP contribution in [0.4, 0.5) is 4.39 Å². The predicted molar refractivity (Wildman–Crippen MR) is 63.2 cm³/mol. The highest BCUT2D eigenvalue weighted by atomic mass is 35.5. The molecule has 0 fully saturated rings. The summed E-state index contributed by atoms with van der Waals surface area (Å²) < 4.78 is 18.0. The minimum atomic E-state index is -0.403. The minimum absolute atomic E-state index is 0.0125. The maximum absolute atomic E-state index is 13.3. The highest BCUT2D eigenvalue weighted by molar-refractivity contribution is 6.30. The molecule has 0 aliphatic heterocycles. The van der Waals surface area contributed by atoms with Crippen LogP contribution >= 0.6 is 11.6 Å². The van der Waals surface area contributed by atoms with Crippen LogP contribution in [0.3, 0.4) is 0 Å². The Labute approximate surface area is 104 Å². The highest BCUT2D eigenvalue weighted by Gasteiger charge is 2.08. The third-order valence-electron chi connectivity index (χ3n) is 2.52. The Morgan fingerprint density at radius 3 is 2.94 bits per heavy atom. The van der Waals surface area contributed by atoms with Gasteiger partial charge in [0.05, 0.1) is 10.7 Å². The number of nitrogens with zero attached hydrogens (tertiary/aromatic N) is 1. The van der Waals surface area contributed by atoms with E-state index < -0.39 is 5.82 Å². The van der Waals surface area contributed by atoms with Gasteiger partial charge in [-0.2, -0.15) is 0 Å². The van der Waals surface area contributed by atoms with Gasteiger partial charge in [-0.1, -0.05) is 22.8 Å². The second kappa shape index (κ2) is 5.29. The summed E-state index contributed by atoms with van der Waals surface area (Å²) in [4.78, 5) is 0. The molecule has 90 valence electrons. The van der Waals surface area contributed by atoms with Gasteiger partial charge in [0.1, 0.15) is 12.1 Å². The number of hydrogen-bond donors (Lipinski definition) is 1. The Bertz CT molecular complexity index is 487. The molecular weight excluding hydrogens is 243 g/mol. The number of nitrogens with one attached hydrogen (secondary N) is 1. The topological polar surface area (TPSA) is 38.1 Å². The van der Waals surface area contributed by atoms with Crippen molar-refractivity contribution in [1.29, 1.82) is 0 Å². The van der Waals surface area contributed by atoms with Gasteiger partial charge in [-0.05, 0) is 24.6 Å². The van der Waals surface area contributed by atoms with Crippen LogP contribution in [0.15, 0.2) is 35.1 Å². The number of halogens is 2. The molecule has 0 aliphatic carbocycles. The molecule has 0 saturated carbocycles. The molecule has 0 saturated heterocycles. The van der Waals surface area contributed by atoms with Gasteiger partial charge in [-0.25, -0.2) is 4.39 Å². The molecule has 0 bridgehead atoms. The molecule has 1 aromatic carbocycles. The van der Waals surface area contributed by atoms with Gasteiger partial charge in [0.2, 0.25) is 0 Å². The molecule has 2 aromatic rings. The maximum Gasteiger partial charge on any atom is 0.142 e. The summed E-state index contributed by atoms with van der Waals surface area (Å²) in [5.41, 5.74) is 1.65. The summed E-state index contributed by atoms with van der Waals surface area (Å²) >= 11 is 5.63. The van der Waals surface area contributed by atoms with E-state index in [-0.39, 0.29) is 11.1 Å². The lowest BCUT2D eigenvalue weighted by Crippen LogP contribution is -2.18. The summed E-state index contributed by atoms with van der Waals surface area (Å²) in [7, 11) is 0. The van der Waals surface area contributed by atoms with E-state index in [9.17, 15) is 4.39 Å². The van der Waals surface area contributed by atoms with Gasteiger partial charge in [0, 0.05) is 18.7 Å². The first-order valence-corrected chi connectivity index (χ1v) is 5.62. The van der Waals surface area contributed by atoms with Crippen LogP contribution < -0.4 is 5.32 Å². The zero-order chi connectivity index (χ0) is 12.3. The van der Waals surface area contributed by atoms with E-state index in [0.29, 0.717) is 6.54 Å². The normalized spacial score (nSPS) is 12.6. The molecule has 0 spiro atoms. The van der Waals surface area contributed by atoms with Crippen LogP contribution in [-0.4, -0.2) is 5.16 Å². The van der Waals surface area contributed by atoms with Crippen LogP contribution in [0.1, 0.15) is 24.2 Å². The fraction of sp³-hybridized carbons (Fsp3) is 0.250. The SMILES string of the molecule is CC(NCc1ccon1)c1ccc(Cl)c(F)c1. The van der Waals surface area contributed by atoms with Crippen LogP contribution in [0, 0.1) is 5.82 Å². The van der Waals surface area contributed by atoms with Crippen molar-refractivity contribution in [3.05, 3.63) is 52.6 Å². The molecule has 5 heteroatoms. The Morgan fingerprint density at radius 1 is 1.47 bits per heavy atom. The van der Waals surface area contributed by atoms with Crippen molar-refractivity contribution in [1.82, 2.24) is 10.5 Å². The molecule has 1 aromatic heterocycles. The Balaban J connectivity index is 1.99. The molecule has 2 rings (SSSR count). The van der Waals surface area contributed by atoms with Crippen LogP contribution in [0.2, 0.25) is 5.02 Å². The molecule has 1 heterocycles. The van der Waals surface area contributed by atoms with Gasteiger partial charge in [0.15, 0.2) is 0 Å². The Hall–Kier alpha value is -1.39. The van der Waals surface area contributed by atoms with Crippen molar-refractivity contribution in [3.63, 3.8) is 0 Å². The molecule has 0 amide bonds.